The molecule has 0 amide bonds. The van der Waals surface area contributed by atoms with Crippen LogP contribution in [0.15, 0.2) is 46.6 Å². The van der Waals surface area contributed by atoms with E-state index in [1.54, 1.807) is 14.2 Å². The van der Waals surface area contributed by atoms with Crippen LogP contribution < -0.4 is 15.2 Å². The molecule has 0 spiro atoms. The first-order valence-corrected chi connectivity index (χ1v) is 8.34. The molecule has 5 heteroatoms. The fraction of sp³-hybridized carbons (Fsp3) is 0.300. The van der Waals surface area contributed by atoms with Gasteiger partial charge in [0, 0.05) is 28.9 Å². The van der Waals surface area contributed by atoms with Crippen molar-refractivity contribution in [1.29, 1.82) is 0 Å². The van der Waals surface area contributed by atoms with Crippen molar-refractivity contribution in [3.8, 4) is 11.5 Å². The van der Waals surface area contributed by atoms with E-state index in [0.29, 0.717) is 11.5 Å². The van der Waals surface area contributed by atoms with Crippen LogP contribution in [0.5, 0.6) is 11.5 Å². The SMILES string of the molecule is CC.COc1cc2c(cc1OC)C(c1ccc(N)cc1)=NN=C(C)C2. The Hall–Kier alpha value is -2.82. The summed E-state index contributed by atoms with van der Waals surface area (Å²) >= 11 is 0. The van der Waals surface area contributed by atoms with Gasteiger partial charge >= 0.3 is 0 Å². The average molecular weight is 339 g/mol. The molecule has 2 aromatic rings. The highest BCUT2D eigenvalue weighted by Gasteiger charge is 2.19. The lowest BCUT2D eigenvalue weighted by atomic mass is 9.94. The topological polar surface area (TPSA) is 69.2 Å². The van der Waals surface area contributed by atoms with Crippen molar-refractivity contribution in [2.75, 3.05) is 20.0 Å². The van der Waals surface area contributed by atoms with E-state index in [9.17, 15) is 0 Å². The molecule has 3 rings (SSSR count). The number of ether oxygens (including phenoxy) is 2. The van der Waals surface area contributed by atoms with Gasteiger partial charge in [-0.3, -0.25) is 0 Å². The van der Waals surface area contributed by atoms with Crippen molar-refractivity contribution in [3.05, 3.63) is 53.1 Å². The monoisotopic (exact) mass is 339 g/mol. The summed E-state index contributed by atoms with van der Waals surface area (Å²) < 4.78 is 10.8. The van der Waals surface area contributed by atoms with Crippen LogP contribution in [0.4, 0.5) is 5.69 Å². The molecule has 0 unspecified atom stereocenters. The molecule has 1 aliphatic rings. The lowest BCUT2D eigenvalue weighted by Gasteiger charge is -2.14. The Kier molecular flexibility index (Phi) is 6.17. The largest absolute Gasteiger partial charge is 0.493 e. The van der Waals surface area contributed by atoms with Gasteiger partial charge in [-0.2, -0.15) is 5.10 Å². The van der Waals surface area contributed by atoms with Gasteiger partial charge in [-0.1, -0.05) is 26.0 Å². The van der Waals surface area contributed by atoms with Gasteiger partial charge in [0.2, 0.25) is 0 Å². The molecule has 2 N–H and O–H groups in total. The van der Waals surface area contributed by atoms with Crippen LogP contribution in [0, 0.1) is 0 Å². The molecule has 132 valence electrons. The van der Waals surface area contributed by atoms with Gasteiger partial charge in [-0.05, 0) is 36.8 Å². The molecule has 0 radical (unpaired) electrons. The molecule has 0 bridgehead atoms. The van der Waals surface area contributed by atoms with Gasteiger partial charge in [0.25, 0.3) is 0 Å². The summed E-state index contributed by atoms with van der Waals surface area (Å²) in [7, 11) is 3.26. The number of methoxy groups -OCH3 is 2. The van der Waals surface area contributed by atoms with Crippen LogP contribution in [0.1, 0.15) is 37.5 Å². The van der Waals surface area contributed by atoms with Crippen molar-refractivity contribution in [2.24, 2.45) is 10.2 Å². The van der Waals surface area contributed by atoms with Crippen LogP contribution in [0.3, 0.4) is 0 Å². The second-order valence-electron chi connectivity index (χ2n) is 5.45. The standard InChI is InChI=1S/C18H19N3O2.C2H6/c1-11-8-13-9-16(22-2)17(23-3)10-15(13)18(21-20-11)12-4-6-14(19)7-5-12;1-2/h4-7,9-10H,8,19H2,1-3H3;1-2H3. The lowest BCUT2D eigenvalue weighted by Crippen LogP contribution is -2.08. The zero-order chi connectivity index (χ0) is 18.4. The van der Waals surface area contributed by atoms with Gasteiger partial charge in [-0.25, -0.2) is 0 Å². The van der Waals surface area contributed by atoms with E-state index in [-0.39, 0.29) is 0 Å². The van der Waals surface area contributed by atoms with Crippen LogP contribution in [-0.4, -0.2) is 25.6 Å². The summed E-state index contributed by atoms with van der Waals surface area (Å²) in [5.74, 6) is 1.38. The molecule has 0 saturated heterocycles. The maximum atomic E-state index is 5.78. The van der Waals surface area contributed by atoms with Gasteiger partial charge in [0.1, 0.15) is 5.71 Å². The first-order chi connectivity index (χ1) is 12.1. The molecule has 2 aromatic carbocycles. The number of hydrogen-bond donors (Lipinski definition) is 1. The fourth-order valence-corrected chi connectivity index (χ4v) is 2.64. The minimum Gasteiger partial charge on any atom is -0.493 e. The maximum Gasteiger partial charge on any atom is 0.161 e. The summed E-state index contributed by atoms with van der Waals surface area (Å²) in [6.45, 7) is 5.97. The van der Waals surface area contributed by atoms with Crippen molar-refractivity contribution >= 4 is 17.1 Å². The Morgan fingerprint density at radius 3 is 2.12 bits per heavy atom. The number of anilines is 1. The predicted molar refractivity (Wildman–Crippen MR) is 104 cm³/mol. The highest BCUT2D eigenvalue weighted by Crippen LogP contribution is 2.33. The fourth-order valence-electron chi connectivity index (χ4n) is 2.64. The Morgan fingerprint density at radius 1 is 0.920 bits per heavy atom. The third-order valence-corrected chi connectivity index (χ3v) is 3.82. The highest BCUT2D eigenvalue weighted by atomic mass is 16.5. The second-order valence-corrected chi connectivity index (χ2v) is 5.45. The molecular weight excluding hydrogens is 314 g/mol. The van der Waals surface area contributed by atoms with Crippen LogP contribution in [0.2, 0.25) is 0 Å². The summed E-state index contributed by atoms with van der Waals surface area (Å²) in [6, 6.07) is 11.6. The summed E-state index contributed by atoms with van der Waals surface area (Å²) in [5, 5.41) is 8.77. The van der Waals surface area contributed by atoms with E-state index < -0.39 is 0 Å². The van der Waals surface area contributed by atoms with Gasteiger partial charge in [0.15, 0.2) is 11.5 Å². The van der Waals surface area contributed by atoms with Gasteiger partial charge in [0.05, 0.1) is 14.2 Å². The Morgan fingerprint density at radius 2 is 1.52 bits per heavy atom. The predicted octanol–water partition coefficient (Wildman–Crippen LogP) is 4.08. The summed E-state index contributed by atoms with van der Waals surface area (Å²) in [6.07, 6.45) is 0.720. The number of nitrogens with two attached hydrogens (primary N) is 1. The van der Waals surface area contributed by atoms with Crippen molar-refractivity contribution in [2.45, 2.75) is 27.2 Å². The molecule has 0 aromatic heterocycles. The van der Waals surface area contributed by atoms with Gasteiger partial charge < -0.3 is 15.2 Å². The number of fused-ring (bicyclic) bond motifs is 1. The van der Waals surface area contributed by atoms with Crippen molar-refractivity contribution in [3.63, 3.8) is 0 Å². The van der Waals surface area contributed by atoms with E-state index >= 15 is 0 Å². The Bertz CT molecular complexity index is 793. The third-order valence-electron chi connectivity index (χ3n) is 3.82. The van der Waals surface area contributed by atoms with Crippen LogP contribution >= 0.6 is 0 Å². The second kappa shape index (κ2) is 8.33. The first-order valence-electron chi connectivity index (χ1n) is 8.34. The molecule has 25 heavy (non-hydrogen) atoms. The number of rotatable bonds is 3. The Balaban J connectivity index is 0.00000109. The highest BCUT2D eigenvalue weighted by molar-refractivity contribution is 6.15. The minimum atomic E-state index is 0.675. The van der Waals surface area contributed by atoms with Crippen LogP contribution in [-0.2, 0) is 6.42 Å². The van der Waals surface area contributed by atoms with E-state index in [0.717, 1.165) is 40.2 Å². The number of nitrogens with zero attached hydrogens (tertiary/aromatic N) is 2. The zero-order valence-corrected chi connectivity index (χ0v) is 15.5. The van der Waals surface area contributed by atoms with Gasteiger partial charge in [-0.15, -0.1) is 5.10 Å². The number of benzene rings is 2. The summed E-state index contributed by atoms with van der Waals surface area (Å²) in [5.41, 5.74) is 11.3. The number of hydrogen-bond acceptors (Lipinski definition) is 5. The van der Waals surface area contributed by atoms with E-state index in [1.807, 2.05) is 57.2 Å². The lowest BCUT2D eigenvalue weighted by molar-refractivity contribution is 0.354. The molecule has 1 aliphatic heterocycles. The molecular formula is C20H25N3O2. The average Bonchev–Trinajstić information content (AvgIpc) is 2.80. The molecule has 0 aliphatic carbocycles. The van der Waals surface area contributed by atoms with E-state index in [2.05, 4.69) is 10.2 Å². The van der Waals surface area contributed by atoms with Crippen LogP contribution in [0.25, 0.3) is 0 Å². The quantitative estimate of drug-likeness (QED) is 0.857. The number of nitrogen functional groups attached to an aromatic ring is 1. The van der Waals surface area contributed by atoms with E-state index in [1.165, 1.54) is 0 Å². The molecule has 0 atom stereocenters. The minimum absolute atomic E-state index is 0.675. The first kappa shape index (κ1) is 18.5. The smallest absolute Gasteiger partial charge is 0.161 e. The third kappa shape index (κ3) is 3.99. The van der Waals surface area contributed by atoms with Crippen molar-refractivity contribution in [1.82, 2.24) is 0 Å². The molecule has 1 heterocycles. The molecule has 5 nitrogen and oxygen atoms in total. The Labute approximate surface area is 149 Å². The zero-order valence-electron chi connectivity index (χ0n) is 15.5. The van der Waals surface area contributed by atoms with Crippen molar-refractivity contribution < 1.29 is 9.47 Å². The molecule has 0 fully saturated rings. The molecule has 0 saturated carbocycles. The summed E-state index contributed by atoms with van der Waals surface area (Å²) in [4.78, 5) is 0. The normalized spacial score (nSPS) is 12.7. The van der Waals surface area contributed by atoms with E-state index in [4.69, 9.17) is 15.2 Å². The maximum absolute atomic E-state index is 5.78.